The second-order valence-corrected chi connectivity index (χ2v) is 6.70. The van der Waals surface area contributed by atoms with Gasteiger partial charge in [0, 0.05) is 17.8 Å². The molecule has 0 aliphatic heterocycles. The number of benzene rings is 1. The Labute approximate surface area is 124 Å². The van der Waals surface area contributed by atoms with Crippen LogP contribution in [0.2, 0.25) is 0 Å². The maximum absolute atomic E-state index is 11.8. The number of carbonyl (C=O) groups excluding carboxylic acids is 1. The SMILES string of the molecule is O=C(CCc1ccccc1)NCC1CCC(Br)CC1. The van der Waals surface area contributed by atoms with Gasteiger partial charge in [-0.3, -0.25) is 4.79 Å². The van der Waals surface area contributed by atoms with Crippen LogP contribution in [0.5, 0.6) is 0 Å². The van der Waals surface area contributed by atoms with Gasteiger partial charge in [-0.2, -0.15) is 0 Å². The van der Waals surface area contributed by atoms with Gasteiger partial charge in [-0.15, -0.1) is 0 Å². The van der Waals surface area contributed by atoms with Gasteiger partial charge in [-0.1, -0.05) is 46.3 Å². The molecule has 2 nitrogen and oxygen atoms in total. The molecule has 0 atom stereocenters. The minimum absolute atomic E-state index is 0.185. The van der Waals surface area contributed by atoms with Crippen molar-refractivity contribution in [2.24, 2.45) is 5.92 Å². The number of hydrogen-bond acceptors (Lipinski definition) is 1. The van der Waals surface area contributed by atoms with Crippen molar-refractivity contribution >= 4 is 21.8 Å². The van der Waals surface area contributed by atoms with Crippen LogP contribution in [0.3, 0.4) is 0 Å². The number of halogens is 1. The molecular weight excluding hydrogens is 302 g/mol. The quantitative estimate of drug-likeness (QED) is 0.823. The summed E-state index contributed by atoms with van der Waals surface area (Å²) in [6.45, 7) is 0.855. The van der Waals surface area contributed by atoms with Crippen molar-refractivity contribution in [3.63, 3.8) is 0 Å². The van der Waals surface area contributed by atoms with E-state index in [9.17, 15) is 4.79 Å². The van der Waals surface area contributed by atoms with Crippen LogP contribution >= 0.6 is 15.9 Å². The molecular formula is C16H22BrNO. The Kier molecular flexibility index (Phi) is 5.90. The highest BCUT2D eigenvalue weighted by atomic mass is 79.9. The van der Waals surface area contributed by atoms with E-state index in [0.29, 0.717) is 17.2 Å². The van der Waals surface area contributed by atoms with Gasteiger partial charge in [0.15, 0.2) is 0 Å². The van der Waals surface area contributed by atoms with Crippen molar-refractivity contribution in [2.45, 2.75) is 43.4 Å². The van der Waals surface area contributed by atoms with E-state index in [-0.39, 0.29) is 5.91 Å². The van der Waals surface area contributed by atoms with Crippen molar-refractivity contribution in [1.29, 1.82) is 0 Å². The third-order valence-electron chi connectivity index (χ3n) is 3.85. The van der Waals surface area contributed by atoms with E-state index < -0.39 is 0 Å². The number of alkyl halides is 1. The van der Waals surface area contributed by atoms with Crippen molar-refractivity contribution in [3.05, 3.63) is 35.9 Å². The summed E-state index contributed by atoms with van der Waals surface area (Å²) in [6, 6.07) is 10.2. The molecule has 0 aromatic heterocycles. The number of carbonyl (C=O) groups is 1. The molecule has 0 saturated heterocycles. The zero-order valence-electron chi connectivity index (χ0n) is 11.3. The molecule has 0 bridgehead atoms. The molecule has 19 heavy (non-hydrogen) atoms. The molecule has 1 aliphatic rings. The third kappa shape index (κ3) is 5.35. The summed E-state index contributed by atoms with van der Waals surface area (Å²) in [5.74, 6) is 0.860. The lowest BCUT2D eigenvalue weighted by molar-refractivity contribution is -0.121. The molecule has 0 unspecified atom stereocenters. The zero-order valence-corrected chi connectivity index (χ0v) is 12.9. The van der Waals surface area contributed by atoms with Crippen molar-refractivity contribution in [2.75, 3.05) is 6.54 Å². The van der Waals surface area contributed by atoms with E-state index in [4.69, 9.17) is 0 Å². The zero-order chi connectivity index (χ0) is 13.5. The van der Waals surface area contributed by atoms with Crippen molar-refractivity contribution in [3.8, 4) is 0 Å². The third-order valence-corrected chi connectivity index (χ3v) is 4.76. The molecule has 1 N–H and O–H groups in total. The molecule has 3 heteroatoms. The monoisotopic (exact) mass is 323 g/mol. The highest BCUT2D eigenvalue weighted by Crippen LogP contribution is 2.28. The summed E-state index contributed by atoms with van der Waals surface area (Å²) in [5, 5.41) is 3.08. The van der Waals surface area contributed by atoms with Crippen LogP contribution < -0.4 is 5.32 Å². The highest BCUT2D eigenvalue weighted by Gasteiger charge is 2.19. The van der Waals surface area contributed by atoms with Crippen molar-refractivity contribution < 1.29 is 4.79 Å². The van der Waals surface area contributed by atoms with E-state index in [1.165, 1.54) is 31.2 Å². The minimum atomic E-state index is 0.185. The van der Waals surface area contributed by atoms with E-state index in [1.54, 1.807) is 0 Å². The van der Waals surface area contributed by atoms with E-state index in [1.807, 2.05) is 18.2 Å². The molecule has 1 saturated carbocycles. The Morgan fingerprint density at radius 1 is 1.16 bits per heavy atom. The lowest BCUT2D eigenvalue weighted by Gasteiger charge is -2.25. The standard InChI is InChI=1S/C16H22BrNO/c17-15-9-6-14(7-10-15)12-18-16(19)11-8-13-4-2-1-3-5-13/h1-5,14-15H,6-12H2,(H,18,19). The number of amides is 1. The largest absolute Gasteiger partial charge is 0.356 e. The van der Waals surface area contributed by atoms with E-state index >= 15 is 0 Å². The first-order valence-corrected chi connectivity index (χ1v) is 8.10. The Hall–Kier alpha value is -0.830. The first-order valence-electron chi connectivity index (χ1n) is 7.18. The molecule has 0 spiro atoms. The number of hydrogen-bond donors (Lipinski definition) is 1. The van der Waals surface area contributed by atoms with Gasteiger partial charge >= 0.3 is 0 Å². The van der Waals surface area contributed by atoms with Crippen LogP contribution in [-0.2, 0) is 11.2 Å². The summed E-state index contributed by atoms with van der Waals surface area (Å²) in [7, 11) is 0. The lowest BCUT2D eigenvalue weighted by atomic mass is 9.89. The number of nitrogens with one attached hydrogen (secondary N) is 1. The van der Waals surface area contributed by atoms with Crippen LogP contribution in [0, 0.1) is 5.92 Å². The predicted molar refractivity (Wildman–Crippen MR) is 82.4 cm³/mol. The Morgan fingerprint density at radius 2 is 1.84 bits per heavy atom. The molecule has 1 aliphatic carbocycles. The maximum atomic E-state index is 11.8. The van der Waals surface area contributed by atoms with Gasteiger partial charge in [0.25, 0.3) is 0 Å². The molecule has 1 aromatic rings. The smallest absolute Gasteiger partial charge is 0.220 e. The maximum Gasteiger partial charge on any atom is 0.220 e. The van der Waals surface area contributed by atoms with Crippen LogP contribution in [0.25, 0.3) is 0 Å². The Morgan fingerprint density at radius 3 is 2.53 bits per heavy atom. The van der Waals surface area contributed by atoms with E-state index in [2.05, 4.69) is 33.4 Å². The molecule has 1 aromatic carbocycles. The number of rotatable bonds is 5. The highest BCUT2D eigenvalue weighted by molar-refractivity contribution is 9.09. The fourth-order valence-electron chi connectivity index (χ4n) is 2.58. The average molecular weight is 324 g/mol. The van der Waals surface area contributed by atoms with E-state index in [0.717, 1.165) is 13.0 Å². The normalized spacial score (nSPS) is 23.0. The van der Waals surface area contributed by atoms with Gasteiger partial charge in [-0.25, -0.2) is 0 Å². The summed E-state index contributed by atoms with van der Waals surface area (Å²) in [5.41, 5.74) is 1.23. The Bertz CT molecular complexity index is 385. The molecule has 104 valence electrons. The second kappa shape index (κ2) is 7.68. The molecule has 1 fully saturated rings. The Balaban J connectivity index is 1.62. The summed E-state index contributed by atoms with van der Waals surface area (Å²) < 4.78 is 0. The fourth-order valence-corrected chi connectivity index (χ4v) is 3.10. The van der Waals surface area contributed by atoms with Crippen molar-refractivity contribution in [1.82, 2.24) is 5.32 Å². The minimum Gasteiger partial charge on any atom is -0.356 e. The van der Waals surface area contributed by atoms with Crippen LogP contribution in [-0.4, -0.2) is 17.3 Å². The average Bonchev–Trinajstić information content (AvgIpc) is 2.45. The summed E-state index contributed by atoms with van der Waals surface area (Å²) in [4.78, 5) is 12.5. The molecule has 0 radical (unpaired) electrons. The predicted octanol–water partition coefficient (Wildman–Crippen LogP) is 3.69. The topological polar surface area (TPSA) is 29.1 Å². The van der Waals surface area contributed by atoms with Gasteiger partial charge in [0.1, 0.15) is 0 Å². The van der Waals surface area contributed by atoms with Gasteiger partial charge in [-0.05, 0) is 43.6 Å². The second-order valence-electron chi connectivity index (χ2n) is 5.41. The summed E-state index contributed by atoms with van der Waals surface area (Å²) >= 11 is 3.66. The summed E-state index contributed by atoms with van der Waals surface area (Å²) in [6.07, 6.45) is 6.37. The van der Waals surface area contributed by atoms with Crippen LogP contribution in [0.15, 0.2) is 30.3 Å². The van der Waals surface area contributed by atoms with Gasteiger partial charge in [0.2, 0.25) is 5.91 Å². The first kappa shape index (κ1) is 14.6. The lowest BCUT2D eigenvalue weighted by Crippen LogP contribution is -2.31. The van der Waals surface area contributed by atoms with Gasteiger partial charge < -0.3 is 5.32 Å². The van der Waals surface area contributed by atoms with Crippen LogP contribution in [0.1, 0.15) is 37.7 Å². The fraction of sp³-hybridized carbons (Fsp3) is 0.562. The number of aryl methyl sites for hydroxylation is 1. The van der Waals surface area contributed by atoms with Crippen LogP contribution in [0.4, 0.5) is 0 Å². The molecule has 1 amide bonds. The first-order chi connectivity index (χ1) is 9.24. The van der Waals surface area contributed by atoms with Gasteiger partial charge in [0.05, 0.1) is 0 Å². The molecule has 0 heterocycles. The molecule has 2 rings (SSSR count).